The molecule has 1 aromatic heterocycles. The van der Waals surface area contributed by atoms with Gasteiger partial charge < -0.3 is 19.9 Å². The van der Waals surface area contributed by atoms with E-state index < -0.39 is 0 Å². The molecule has 0 unspecified atom stereocenters. The van der Waals surface area contributed by atoms with E-state index in [1.807, 2.05) is 12.1 Å². The number of rotatable bonds is 7. The molecule has 1 N–H and O–H groups in total. The Kier molecular flexibility index (Phi) is 6.76. The van der Waals surface area contributed by atoms with Crippen LogP contribution in [0.4, 0.5) is 10.8 Å². The summed E-state index contributed by atoms with van der Waals surface area (Å²) in [5.41, 5.74) is 1.22. The second-order valence-electron chi connectivity index (χ2n) is 7.36. The normalized spacial score (nSPS) is 17.6. The topological polar surface area (TPSA) is 70.6 Å². The molecule has 1 aliphatic carbocycles. The molecule has 1 aromatic carbocycles. The van der Waals surface area contributed by atoms with Gasteiger partial charge in [-0.2, -0.15) is 0 Å². The molecule has 0 atom stereocenters. The second kappa shape index (κ2) is 9.67. The highest BCUT2D eigenvalue weighted by atomic mass is 32.2. The van der Waals surface area contributed by atoms with Gasteiger partial charge in [-0.15, -0.1) is 10.2 Å². The number of hydrogen-bond acceptors (Lipinski definition) is 8. The lowest BCUT2D eigenvalue weighted by molar-refractivity contribution is -0.119. The van der Waals surface area contributed by atoms with Crippen LogP contribution in [0.15, 0.2) is 28.6 Å². The number of benzene rings is 1. The van der Waals surface area contributed by atoms with Crippen LogP contribution < -0.4 is 19.9 Å². The third kappa shape index (κ3) is 5.33. The maximum absolute atomic E-state index is 12.1. The number of anilines is 2. The van der Waals surface area contributed by atoms with Crippen molar-refractivity contribution in [2.75, 3.05) is 48.8 Å². The van der Waals surface area contributed by atoms with Crippen molar-refractivity contribution >= 4 is 39.8 Å². The van der Waals surface area contributed by atoms with Crippen LogP contribution in [0.2, 0.25) is 0 Å². The zero-order valence-electron chi connectivity index (χ0n) is 16.7. The van der Waals surface area contributed by atoms with E-state index in [4.69, 9.17) is 4.74 Å². The van der Waals surface area contributed by atoms with Gasteiger partial charge in [-0.05, 0) is 37.1 Å². The average molecular weight is 434 g/mol. The molecule has 2 aromatic rings. The molecule has 29 heavy (non-hydrogen) atoms. The largest absolute Gasteiger partial charge is 0.497 e. The van der Waals surface area contributed by atoms with Gasteiger partial charge in [0.15, 0.2) is 4.34 Å². The highest BCUT2D eigenvalue weighted by Gasteiger charge is 2.21. The van der Waals surface area contributed by atoms with Crippen LogP contribution >= 0.6 is 23.1 Å². The van der Waals surface area contributed by atoms with Crippen LogP contribution in [0, 0.1) is 0 Å². The lowest BCUT2D eigenvalue weighted by atomic mass is 10.2. The van der Waals surface area contributed by atoms with E-state index in [0.29, 0.717) is 11.8 Å². The number of hydrogen-bond donors (Lipinski definition) is 1. The SMILES string of the molecule is COc1ccc(N2CCN(c3nnc(SCC(=O)NC4CCCC4)s3)CC2)cc1. The minimum absolute atomic E-state index is 0.103. The fourth-order valence-electron chi connectivity index (χ4n) is 3.80. The monoisotopic (exact) mass is 433 g/mol. The molecule has 0 bridgehead atoms. The van der Waals surface area contributed by atoms with Crippen molar-refractivity contribution in [1.82, 2.24) is 15.5 Å². The van der Waals surface area contributed by atoms with Gasteiger partial charge >= 0.3 is 0 Å². The predicted octanol–water partition coefficient (Wildman–Crippen LogP) is 3.02. The van der Waals surface area contributed by atoms with Crippen molar-refractivity contribution in [3.05, 3.63) is 24.3 Å². The van der Waals surface area contributed by atoms with E-state index in [1.54, 1.807) is 18.4 Å². The molecule has 2 heterocycles. The number of carbonyl (C=O) groups excluding carboxylic acids is 1. The third-order valence-electron chi connectivity index (χ3n) is 5.43. The Morgan fingerprint density at radius 2 is 1.83 bits per heavy atom. The van der Waals surface area contributed by atoms with Gasteiger partial charge in [0.2, 0.25) is 11.0 Å². The van der Waals surface area contributed by atoms with Crippen LogP contribution in [-0.2, 0) is 4.79 Å². The molecule has 1 saturated carbocycles. The first-order valence-electron chi connectivity index (χ1n) is 10.1. The van der Waals surface area contributed by atoms with E-state index in [0.717, 1.165) is 54.2 Å². The van der Waals surface area contributed by atoms with Crippen LogP contribution in [0.3, 0.4) is 0 Å². The van der Waals surface area contributed by atoms with Crippen molar-refractivity contribution in [2.24, 2.45) is 0 Å². The van der Waals surface area contributed by atoms with Gasteiger partial charge in [-0.1, -0.05) is 35.9 Å². The Labute approximate surface area is 179 Å². The first-order valence-corrected chi connectivity index (χ1v) is 11.9. The molecule has 2 fully saturated rings. The molecule has 156 valence electrons. The van der Waals surface area contributed by atoms with Crippen molar-refractivity contribution in [3.63, 3.8) is 0 Å². The summed E-state index contributed by atoms with van der Waals surface area (Å²) in [4.78, 5) is 16.7. The number of carbonyl (C=O) groups is 1. The standard InChI is InChI=1S/C20H27N5O2S2/c1-27-17-8-6-16(7-9-17)24-10-12-25(13-11-24)19-22-23-20(29-19)28-14-18(26)21-15-4-2-3-5-15/h6-9,15H,2-5,10-14H2,1H3,(H,21,26). The molecule has 2 aliphatic rings. The van der Waals surface area contributed by atoms with Crippen LogP contribution in [0.1, 0.15) is 25.7 Å². The lowest BCUT2D eigenvalue weighted by Crippen LogP contribution is -2.46. The summed E-state index contributed by atoms with van der Waals surface area (Å²) in [6.07, 6.45) is 4.68. The van der Waals surface area contributed by atoms with Gasteiger partial charge in [-0.25, -0.2) is 0 Å². The molecule has 7 nitrogen and oxygen atoms in total. The van der Waals surface area contributed by atoms with E-state index in [2.05, 4.69) is 37.4 Å². The zero-order chi connectivity index (χ0) is 20.1. The highest BCUT2D eigenvalue weighted by Crippen LogP contribution is 2.29. The quantitative estimate of drug-likeness (QED) is 0.673. The molecular weight excluding hydrogens is 406 g/mol. The number of thioether (sulfide) groups is 1. The molecular formula is C20H27N5O2S2. The zero-order valence-corrected chi connectivity index (χ0v) is 18.3. The van der Waals surface area contributed by atoms with E-state index >= 15 is 0 Å². The van der Waals surface area contributed by atoms with Crippen molar-refractivity contribution in [2.45, 2.75) is 36.1 Å². The minimum atomic E-state index is 0.103. The number of nitrogens with zero attached hydrogens (tertiary/aromatic N) is 4. The van der Waals surface area contributed by atoms with E-state index in [9.17, 15) is 4.79 Å². The van der Waals surface area contributed by atoms with Gasteiger partial charge in [0.1, 0.15) is 5.75 Å². The minimum Gasteiger partial charge on any atom is -0.497 e. The number of amides is 1. The lowest BCUT2D eigenvalue weighted by Gasteiger charge is -2.35. The summed E-state index contributed by atoms with van der Waals surface area (Å²) in [7, 11) is 1.68. The number of methoxy groups -OCH3 is 1. The Morgan fingerprint density at radius 1 is 1.14 bits per heavy atom. The van der Waals surface area contributed by atoms with Crippen LogP contribution in [0.25, 0.3) is 0 Å². The molecule has 9 heteroatoms. The summed E-state index contributed by atoms with van der Waals surface area (Å²) >= 11 is 3.06. The first kappa shape index (κ1) is 20.3. The fraction of sp³-hybridized carbons (Fsp3) is 0.550. The summed E-state index contributed by atoms with van der Waals surface area (Å²) in [6, 6.07) is 8.57. The van der Waals surface area contributed by atoms with Crippen LogP contribution in [0.5, 0.6) is 5.75 Å². The molecule has 1 aliphatic heterocycles. The number of piperazine rings is 1. The predicted molar refractivity (Wildman–Crippen MR) is 118 cm³/mol. The number of nitrogens with one attached hydrogen (secondary N) is 1. The summed E-state index contributed by atoms with van der Waals surface area (Å²) < 4.78 is 6.09. The summed E-state index contributed by atoms with van der Waals surface area (Å²) in [6.45, 7) is 3.71. The Morgan fingerprint density at radius 3 is 2.52 bits per heavy atom. The second-order valence-corrected chi connectivity index (χ2v) is 9.54. The average Bonchev–Trinajstić information content (AvgIpc) is 3.45. The van der Waals surface area contributed by atoms with E-state index in [-0.39, 0.29) is 5.91 Å². The Bertz CT molecular complexity index is 799. The van der Waals surface area contributed by atoms with E-state index in [1.165, 1.54) is 30.3 Å². The van der Waals surface area contributed by atoms with Gasteiger partial charge in [0.05, 0.1) is 12.9 Å². The van der Waals surface area contributed by atoms with Gasteiger partial charge in [-0.3, -0.25) is 4.79 Å². The molecule has 0 radical (unpaired) electrons. The summed E-state index contributed by atoms with van der Waals surface area (Å²) in [5.74, 6) is 1.39. The van der Waals surface area contributed by atoms with Crippen molar-refractivity contribution < 1.29 is 9.53 Å². The highest BCUT2D eigenvalue weighted by molar-refractivity contribution is 8.01. The Balaban J connectivity index is 1.24. The maximum atomic E-state index is 12.1. The van der Waals surface area contributed by atoms with Gasteiger partial charge in [0.25, 0.3) is 0 Å². The first-order chi connectivity index (χ1) is 14.2. The smallest absolute Gasteiger partial charge is 0.230 e. The van der Waals surface area contributed by atoms with Crippen molar-refractivity contribution in [1.29, 1.82) is 0 Å². The molecule has 1 saturated heterocycles. The number of ether oxygens (including phenoxy) is 1. The molecule has 0 spiro atoms. The fourth-order valence-corrected chi connectivity index (χ4v) is 5.51. The number of aromatic nitrogens is 2. The maximum Gasteiger partial charge on any atom is 0.230 e. The third-order valence-corrected chi connectivity index (χ3v) is 7.55. The van der Waals surface area contributed by atoms with Gasteiger partial charge in [0, 0.05) is 37.9 Å². The summed E-state index contributed by atoms with van der Waals surface area (Å²) in [5, 5.41) is 12.7. The van der Waals surface area contributed by atoms with Crippen molar-refractivity contribution in [3.8, 4) is 5.75 Å². The Hall–Kier alpha value is -2.00. The molecule has 4 rings (SSSR count). The van der Waals surface area contributed by atoms with Crippen LogP contribution in [-0.4, -0.2) is 61.2 Å². The molecule has 1 amide bonds.